The third-order valence-electron chi connectivity index (χ3n) is 4.44. The number of rotatable bonds is 4. The quantitative estimate of drug-likeness (QED) is 0.725. The average molecular weight is 434 g/mol. The predicted molar refractivity (Wildman–Crippen MR) is 111 cm³/mol. The second-order valence-electron chi connectivity index (χ2n) is 6.28. The van der Waals surface area contributed by atoms with E-state index in [0.717, 1.165) is 24.7 Å². The molecule has 5 nitrogen and oxygen atoms in total. The molecule has 0 bridgehead atoms. The van der Waals surface area contributed by atoms with Crippen molar-refractivity contribution in [2.75, 3.05) is 26.2 Å². The second-order valence-corrected chi connectivity index (χ2v) is 6.72. The molecule has 0 aliphatic carbocycles. The lowest BCUT2D eigenvalue weighted by molar-refractivity contribution is -0.132. The third kappa shape index (κ3) is 6.47. The van der Waals surface area contributed by atoms with Crippen LogP contribution in [0.1, 0.15) is 11.1 Å². The number of carbonyl (C=O) groups excluding carboxylic acids is 1. The van der Waals surface area contributed by atoms with Crippen LogP contribution >= 0.6 is 36.4 Å². The van der Waals surface area contributed by atoms with Gasteiger partial charge in [-0.3, -0.25) is 9.69 Å². The summed E-state index contributed by atoms with van der Waals surface area (Å²) in [6.45, 7) is 3.89. The molecule has 3 rings (SSSR count). The van der Waals surface area contributed by atoms with Gasteiger partial charge in [0.2, 0.25) is 5.91 Å². The van der Waals surface area contributed by atoms with Gasteiger partial charge in [-0.15, -0.1) is 24.8 Å². The Bertz CT molecular complexity index is 748. The Labute approximate surface area is 176 Å². The van der Waals surface area contributed by atoms with Gasteiger partial charge in [0.1, 0.15) is 0 Å². The molecule has 1 saturated heterocycles. The number of nitrogens with zero attached hydrogens (tertiary/aromatic N) is 2. The topological polar surface area (TPSA) is 64.0 Å². The lowest BCUT2D eigenvalue weighted by atomic mass is 10.1. The number of carbonyl (C=O) groups is 1. The molecular weight excluding hydrogens is 411 g/mol. The Hall–Kier alpha value is -1.66. The minimum atomic E-state index is -0.196. The van der Waals surface area contributed by atoms with Gasteiger partial charge >= 0.3 is 0 Å². The van der Waals surface area contributed by atoms with Crippen LogP contribution < -0.4 is 0 Å². The van der Waals surface area contributed by atoms with Crippen molar-refractivity contribution >= 4 is 42.3 Å². The number of amides is 1. The Kier molecular flexibility index (Phi) is 9.19. The van der Waals surface area contributed by atoms with Gasteiger partial charge in [0.15, 0.2) is 11.5 Å². The summed E-state index contributed by atoms with van der Waals surface area (Å²) >= 11 is 5.91. The van der Waals surface area contributed by atoms with Gasteiger partial charge in [0, 0.05) is 37.7 Å². The molecule has 0 atom stereocenters. The van der Waals surface area contributed by atoms with Crippen molar-refractivity contribution in [3.05, 3.63) is 58.6 Å². The normalized spacial score (nSPS) is 14.2. The molecule has 1 aliphatic rings. The smallest absolute Gasteiger partial charge is 0.227 e. The maximum atomic E-state index is 12.4. The van der Waals surface area contributed by atoms with E-state index in [1.165, 1.54) is 17.7 Å². The highest BCUT2D eigenvalue weighted by Gasteiger charge is 2.21. The van der Waals surface area contributed by atoms with Crippen LogP contribution in [0.2, 0.25) is 5.02 Å². The second kappa shape index (κ2) is 10.6. The van der Waals surface area contributed by atoms with Gasteiger partial charge in [0.05, 0.1) is 6.42 Å². The molecule has 27 heavy (non-hydrogen) atoms. The standard InChI is InChI=1S/C19H21ClN2O3.2ClH/c20-16-4-1-14(2-5-16)13-21-7-9-22(10-8-21)19(25)12-15-3-6-17(23)18(24)11-15;;/h1-6,11,23-24H,7-10,12-13H2;2*1H. The first-order chi connectivity index (χ1) is 12.0. The zero-order valence-corrected chi connectivity index (χ0v) is 17.1. The lowest BCUT2D eigenvalue weighted by Crippen LogP contribution is -2.48. The van der Waals surface area contributed by atoms with E-state index >= 15 is 0 Å². The molecule has 1 amide bonds. The minimum absolute atomic E-state index is 0. The molecule has 0 saturated carbocycles. The number of hydrogen-bond acceptors (Lipinski definition) is 4. The Balaban J connectivity index is 0.00000182. The number of halogens is 3. The maximum Gasteiger partial charge on any atom is 0.227 e. The molecular formula is C19H23Cl3N2O3. The van der Waals surface area contributed by atoms with Crippen LogP contribution in [0.5, 0.6) is 11.5 Å². The molecule has 8 heteroatoms. The van der Waals surface area contributed by atoms with Crippen molar-refractivity contribution in [3.63, 3.8) is 0 Å². The first-order valence-electron chi connectivity index (χ1n) is 8.27. The van der Waals surface area contributed by atoms with Crippen molar-refractivity contribution in [3.8, 4) is 11.5 Å². The van der Waals surface area contributed by atoms with Gasteiger partial charge in [-0.25, -0.2) is 0 Å². The van der Waals surface area contributed by atoms with E-state index in [0.29, 0.717) is 18.7 Å². The number of phenols is 2. The van der Waals surface area contributed by atoms with Gasteiger partial charge < -0.3 is 15.1 Å². The fraction of sp³-hybridized carbons (Fsp3) is 0.316. The SMILES string of the molecule is Cl.Cl.O=C(Cc1ccc(O)c(O)c1)N1CCN(Cc2ccc(Cl)cc2)CC1. The molecule has 148 valence electrons. The van der Waals surface area contributed by atoms with Crippen molar-refractivity contribution in [1.82, 2.24) is 9.80 Å². The molecule has 0 aromatic heterocycles. The number of piperazine rings is 1. The summed E-state index contributed by atoms with van der Waals surface area (Å²) in [5, 5.41) is 19.6. The zero-order chi connectivity index (χ0) is 17.8. The third-order valence-corrected chi connectivity index (χ3v) is 4.69. The number of benzene rings is 2. The monoisotopic (exact) mass is 432 g/mol. The summed E-state index contributed by atoms with van der Waals surface area (Å²) in [6.07, 6.45) is 0.227. The van der Waals surface area contributed by atoms with Gasteiger partial charge in [-0.1, -0.05) is 29.8 Å². The van der Waals surface area contributed by atoms with Gasteiger partial charge in [-0.05, 0) is 35.4 Å². The minimum Gasteiger partial charge on any atom is -0.504 e. The maximum absolute atomic E-state index is 12.4. The Morgan fingerprint density at radius 1 is 0.889 bits per heavy atom. The summed E-state index contributed by atoms with van der Waals surface area (Å²) in [5.41, 5.74) is 1.91. The van der Waals surface area contributed by atoms with Crippen LogP contribution in [0.4, 0.5) is 0 Å². The van der Waals surface area contributed by atoms with E-state index in [1.54, 1.807) is 6.07 Å². The number of phenolic OH excluding ortho intramolecular Hbond substituents is 2. The average Bonchev–Trinajstić information content (AvgIpc) is 2.61. The van der Waals surface area contributed by atoms with Crippen LogP contribution in [0.25, 0.3) is 0 Å². The number of hydrogen-bond donors (Lipinski definition) is 2. The molecule has 1 aliphatic heterocycles. The predicted octanol–water partition coefficient (Wildman–Crippen LogP) is 3.48. The van der Waals surface area contributed by atoms with E-state index in [-0.39, 0.29) is 48.6 Å². The molecule has 2 aromatic rings. The molecule has 0 spiro atoms. The fourth-order valence-electron chi connectivity index (χ4n) is 2.97. The van der Waals surface area contributed by atoms with Crippen molar-refractivity contribution in [1.29, 1.82) is 0 Å². The first-order valence-corrected chi connectivity index (χ1v) is 8.64. The summed E-state index contributed by atoms with van der Waals surface area (Å²) in [5.74, 6) is -0.332. The Morgan fingerprint density at radius 3 is 2.07 bits per heavy atom. The van der Waals surface area contributed by atoms with E-state index < -0.39 is 0 Å². The summed E-state index contributed by atoms with van der Waals surface area (Å²) < 4.78 is 0. The fourth-order valence-corrected chi connectivity index (χ4v) is 3.09. The summed E-state index contributed by atoms with van der Waals surface area (Å²) in [7, 11) is 0. The van der Waals surface area contributed by atoms with Crippen molar-refractivity contribution in [2.24, 2.45) is 0 Å². The highest BCUT2D eigenvalue weighted by molar-refractivity contribution is 6.30. The van der Waals surface area contributed by atoms with Crippen LogP contribution in [0, 0.1) is 0 Å². The summed E-state index contributed by atoms with van der Waals surface area (Å²) in [6, 6.07) is 12.3. The van der Waals surface area contributed by atoms with Crippen LogP contribution in [0.3, 0.4) is 0 Å². The van der Waals surface area contributed by atoms with E-state index in [4.69, 9.17) is 11.6 Å². The first kappa shape index (κ1) is 23.4. The van der Waals surface area contributed by atoms with E-state index in [9.17, 15) is 15.0 Å². The van der Waals surface area contributed by atoms with Crippen LogP contribution in [0.15, 0.2) is 42.5 Å². The molecule has 0 radical (unpaired) electrons. The van der Waals surface area contributed by atoms with E-state index in [2.05, 4.69) is 4.90 Å². The van der Waals surface area contributed by atoms with E-state index in [1.807, 2.05) is 29.2 Å². The van der Waals surface area contributed by atoms with Gasteiger partial charge in [-0.2, -0.15) is 0 Å². The zero-order valence-electron chi connectivity index (χ0n) is 14.7. The molecule has 1 fully saturated rings. The molecule has 2 N–H and O–H groups in total. The number of aromatic hydroxyl groups is 2. The highest BCUT2D eigenvalue weighted by atomic mass is 35.5. The largest absolute Gasteiger partial charge is 0.504 e. The van der Waals surface area contributed by atoms with Gasteiger partial charge in [0.25, 0.3) is 0 Å². The van der Waals surface area contributed by atoms with Crippen molar-refractivity contribution in [2.45, 2.75) is 13.0 Å². The molecule has 2 aromatic carbocycles. The Morgan fingerprint density at radius 2 is 1.48 bits per heavy atom. The molecule has 1 heterocycles. The van der Waals surface area contributed by atoms with Crippen molar-refractivity contribution < 1.29 is 15.0 Å². The van der Waals surface area contributed by atoms with Crippen LogP contribution in [-0.4, -0.2) is 52.1 Å². The lowest BCUT2D eigenvalue weighted by Gasteiger charge is -2.34. The summed E-state index contributed by atoms with van der Waals surface area (Å²) in [4.78, 5) is 16.6. The molecule has 0 unspecified atom stereocenters. The van der Waals surface area contributed by atoms with Crippen LogP contribution in [-0.2, 0) is 17.8 Å². The highest BCUT2D eigenvalue weighted by Crippen LogP contribution is 2.25.